The molecule has 0 aliphatic carbocycles. The highest BCUT2D eigenvalue weighted by atomic mass is 16.1. The van der Waals surface area contributed by atoms with E-state index in [1.165, 1.54) is 0 Å². The van der Waals surface area contributed by atoms with Crippen LogP contribution in [0.2, 0.25) is 0 Å². The van der Waals surface area contributed by atoms with Gasteiger partial charge in [0.25, 0.3) is 5.56 Å². The van der Waals surface area contributed by atoms with Gasteiger partial charge in [-0.15, -0.1) is 0 Å². The lowest BCUT2D eigenvalue weighted by Gasteiger charge is -2.19. The molecule has 1 atom stereocenters. The van der Waals surface area contributed by atoms with E-state index in [1.54, 1.807) is 6.92 Å². The van der Waals surface area contributed by atoms with Crippen molar-refractivity contribution in [3.8, 4) is 0 Å². The summed E-state index contributed by atoms with van der Waals surface area (Å²) in [5, 5.41) is 1.82. The van der Waals surface area contributed by atoms with Gasteiger partial charge in [-0.3, -0.25) is 9.80 Å². The van der Waals surface area contributed by atoms with Crippen LogP contribution in [0.3, 0.4) is 0 Å². The highest BCUT2D eigenvalue weighted by Gasteiger charge is 2.14. The molecule has 0 saturated carbocycles. The zero-order valence-electron chi connectivity index (χ0n) is 9.88. The fourth-order valence-corrected chi connectivity index (χ4v) is 1.70. The van der Waals surface area contributed by atoms with Crippen LogP contribution in [0.4, 0.5) is 0 Å². The number of hydrogen-bond acceptors (Lipinski definition) is 4. The molecule has 0 aliphatic heterocycles. The highest BCUT2D eigenvalue weighted by Crippen LogP contribution is 2.10. The lowest BCUT2D eigenvalue weighted by atomic mass is 10.1. The Hall–Kier alpha value is -1.20. The molecule has 0 saturated heterocycles. The third-order valence-corrected chi connectivity index (χ3v) is 2.15. The van der Waals surface area contributed by atoms with Crippen LogP contribution in [0.25, 0.3) is 0 Å². The van der Waals surface area contributed by atoms with E-state index in [0.717, 1.165) is 5.69 Å². The Morgan fingerprint density at radius 1 is 1.40 bits per heavy atom. The molecule has 0 aromatic carbocycles. The lowest BCUT2D eigenvalue weighted by molar-refractivity contribution is 0.250. The number of hydrazine groups is 1. The molecular formula is C10H18N4O. The molecule has 1 rings (SSSR count). The minimum absolute atomic E-state index is 0.0446. The highest BCUT2D eigenvalue weighted by molar-refractivity contribution is 5.19. The second kappa shape index (κ2) is 4.55. The maximum absolute atomic E-state index is 11.7. The Bertz CT molecular complexity index is 397. The number of nitrogens with one attached hydrogen (secondary N) is 2. The van der Waals surface area contributed by atoms with Crippen molar-refractivity contribution in [3.05, 3.63) is 27.4 Å². The maximum Gasteiger partial charge on any atom is 0.255 e. The monoisotopic (exact) mass is 210 g/mol. The van der Waals surface area contributed by atoms with Gasteiger partial charge >= 0.3 is 0 Å². The van der Waals surface area contributed by atoms with Crippen molar-refractivity contribution in [2.75, 3.05) is 14.1 Å². The molecule has 0 bridgehead atoms. The Labute approximate surface area is 89.5 Å². The molecule has 0 amide bonds. The van der Waals surface area contributed by atoms with Crippen LogP contribution in [0.1, 0.15) is 30.0 Å². The van der Waals surface area contributed by atoms with E-state index >= 15 is 0 Å². The van der Waals surface area contributed by atoms with Gasteiger partial charge in [-0.1, -0.05) is 0 Å². The SMILES string of the molecule is Cc1nc(C)c(C(C)NN(C)C)c(=O)[nH]1. The molecule has 1 heterocycles. The summed E-state index contributed by atoms with van der Waals surface area (Å²) in [5.74, 6) is 0.651. The summed E-state index contributed by atoms with van der Waals surface area (Å²) in [4.78, 5) is 18.7. The number of H-pyrrole nitrogens is 1. The molecular weight excluding hydrogens is 192 g/mol. The van der Waals surface area contributed by atoms with Crippen LogP contribution in [-0.4, -0.2) is 29.1 Å². The molecule has 0 radical (unpaired) electrons. The van der Waals surface area contributed by atoms with E-state index < -0.39 is 0 Å². The largest absolute Gasteiger partial charge is 0.310 e. The van der Waals surface area contributed by atoms with Gasteiger partial charge in [-0.25, -0.2) is 10.4 Å². The summed E-state index contributed by atoms with van der Waals surface area (Å²) in [6.45, 7) is 5.57. The van der Waals surface area contributed by atoms with E-state index in [9.17, 15) is 4.79 Å². The molecule has 0 aliphatic rings. The predicted molar refractivity (Wildman–Crippen MR) is 59.6 cm³/mol. The van der Waals surface area contributed by atoms with Gasteiger partial charge in [0.15, 0.2) is 0 Å². The van der Waals surface area contributed by atoms with E-state index in [4.69, 9.17) is 0 Å². The van der Waals surface area contributed by atoms with Gasteiger partial charge in [0.1, 0.15) is 5.82 Å². The molecule has 2 N–H and O–H groups in total. The van der Waals surface area contributed by atoms with Gasteiger partial charge in [-0.05, 0) is 20.8 Å². The van der Waals surface area contributed by atoms with Crippen LogP contribution in [-0.2, 0) is 0 Å². The first-order valence-electron chi connectivity index (χ1n) is 4.92. The minimum atomic E-state index is -0.0677. The van der Waals surface area contributed by atoms with E-state index in [0.29, 0.717) is 11.4 Å². The molecule has 5 nitrogen and oxygen atoms in total. The summed E-state index contributed by atoms with van der Waals surface area (Å²) in [6.07, 6.45) is 0. The van der Waals surface area contributed by atoms with E-state index in [1.807, 2.05) is 33.0 Å². The minimum Gasteiger partial charge on any atom is -0.310 e. The fourth-order valence-electron chi connectivity index (χ4n) is 1.70. The first-order chi connectivity index (χ1) is 6.91. The standard InChI is InChI=1S/C10H18N4O/c1-6-9(7(2)13-14(4)5)10(15)12-8(3)11-6/h7,13H,1-5H3,(H,11,12,15). The van der Waals surface area contributed by atoms with Crippen molar-refractivity contribution in [1.82, 2.24) is 20.4 Å². The van der Waals surface area contributed by atoms with E-state index in [-0.39, 0.29) is 11.6 Å². The van der Waals surface area contributed by atoms with Crippen molar-refractivity contribution < 1.29 is 0 Å². The van der Waals surface area contributed by atoms with E-state index in [2.05, 4.69) is 15.4 Å². The van der Waals surface area contributed by atoms with Gasteiger partial charge in [-0.2, -0.15) is 0 Å². The zero-order valence-corrected chi connectivity index (χ0v) is 9.88. The summed E-state index contributed by atoms with van der Waals surface area (Å²) in [5.41, 5.74) is 4.53. The fraction of sp³-hybridized carbons (Fsp3) is 0.600. The summed E-state index contributed by atoms with van der Waals surface area (Å²) >= 11 is 0. The summed E-state index contributed by atoms with van der Waals surface area (Å²) in [7, 11) is 3.78. The first-order valence-corrected chi connectivity index (χ1v) is 4.92. The summed E-state index contributed by atoms with van der Waals surface area (Å²) in [6, 6.07) is -0.0446. The normalized spacial score (nSPS) is 13.2. The van der Waals surface area contributed by atoms with Crippen LogP contribution in [0.15, 0.2) is 4.79 Å². The quantitative estimate of drug-likeness (QED) is 0.714. The third kappa shape index (κ3) is 2.87. The second-order valence-electron chi connectivity index (χ2n) is 3.90. The predicted octanol–water partition coefficient (Wildman–Crippen LogP) is 0.514. The number of aromatic nitrogens is 2. The van der Waals surface area contributed by atoms with Crippen LogP contribution in [0, 0.1) is 13.8 Å². The third-order valence-electron chi connectivity index (χ3n) is 2.15. The van der Waals surface area contributed by atoms with Crippen molar-refractivity contribution in [2.45, 2.75) is 26.8 Å². The molecule has 15 heavy (non-hydrogen) atoms. The lowest BCUT2D eigenvalue weighted by Crippen LogP contribution is -2.36. The number of aryl methyl sites for hydroxylation is 2. The Balaban J connectivity index is 3.09. The smallest absolute Gasteiger partial charge is 0.255 e. The molecule has 1 unspecified atom stereocenters. The van der Waals surface area contributed by atoms with Gasteiger partial charge in [0, 0.05) is 19.8 Å². The number of aromatic amines is 1. The van der Waals surface area contributed by atoms with Crippen molar-refractivity contribution in [2.24, 2.45) is 0 Å². The van der Waals surface area contributed by atoms with Gasteiger partial charge < -0.3 is 4.98 Å². The summed E-state index contributed by atoms with van der Waals surface area (Å²) < 4.78 is 0. The molecule has 5 heteroatoms. The van der Waals surface area contributed by atoms with Crippen LogP contribution in [0.5, 0.6) is 0 Å². The Morgan fingerprint density at radius 3 is 2.47 bits per heavy atom. The van der Waals surface area contributed by atoms with Crippen LogP contribution < -0.4 is 11.0 Å². The van der Waals surface area contributed by atoms with Gasteiger partial charge in [0.2, 0.25) is 0 Å². The molecule has 0 spiro atoms. The number of nitrogens with zero attached hydrogens (tertiary/aromatic N) is 2. The Morgan fingerprint density at radius 2 is 2.00 bits per heavy atom. The van der Waals surface area contributed by atoms with Crippen molar-refractivity contribution in [3.63, 3.8) is 0 Å². The molecule has 84 valence electrons. The average Bonchev–Trinajstić information content (AvgIpc) is 1.99. The maximum atomic E-state index is 11.7. The molecule has 0 fully saturated rings. The van der Waals surface area contributed by atoms with Crippen molar-refractivity contribution >= 4 is 0 Å². The number of hydrogen-bond donors (Lipinski definition) is 2. The first kappa shape index (κ1) is 11.9. The average molecular weight is 210 g/mol. The molecule has 1 aromatic heterocycles. The second-order valence-corrected chi connectivity index (χ2v) is 3.90. The Kier molecular flexibility index (Phi) is 3.60. The van der Waals surface area contributed by atoms with Crippen LogP contribution >= 0.6 is 0 Å². The zero-order chi connectivity index (χ0) is 11.6. The molecule has 1 aromatic rings. The topological polar surface area (TPSA) is 61.0 Å². The number of rotatable bonds is 3. The van der Waals surface area contributed by atoms with Crippen molar-refractivity contribution in [1.29, 1.82) is 0 Å². The van der Waals surface area contributed by atoms with Gasteiger partial charge in [0.05, 0.1) is 11.6 Å².